The maximum Gasteiger partial charge on any atom is 0.253 e. The number of carbonyl (C=O) groups is 1. The van der Waals surface area contributed by atoms with Crippen molar-refractivity contribution in [1.82, 2.24) is 0 Å². The second-order valence-corrected chi connectivity index (χ2v) is 5.66. The van der Waals surface area contributed by atoms with Crippen molar-refractivity contribution < 1.29 is 14.3 Å². The average molecular weight is 333 g/mol. The van der Waals surface area contributed by atoms with Crippen LogP contribution >= 0.6 is 15.9 Å². The van der Waals surface area contributed by atoms with E-state index in [0.717, 1.165) is 0 Å². The van der Waals surface area contributed by atoms with E-state index in [-0.39, 0.29) is 11.5 Å². The number of amides is 1. The molecule has 0 aromatic heterocycles. The van der Waals surface area contributed by atoms with Gasteiger partial charge in [0, 0.05) is 11.0 Å². The first kappa shape index (κ1) is 15.9. The summed E-state index contributed by atoms with van der Waals surface area (Å²) in [6, 6.07) is 2.81. The zero-order chi connectivity index (χ0) is 14.6. The van der Waals surface area contributed by atoms with Crippen LogP contribution in [0.25, 0.3) is 0 Å². The zero-order valence-corrected chi connectivity index (χ0v) is 12.5. The molecule has 0 aliphatic carbocycles. The highest BCUT2D eigenvalue weighted by Gasteiger charge is 2.16. The summed E-state index contributed by atoms with van der Waals surface area (Å²) >= 11 is 3.17. The van der Waals surface area contributed by atoms with Gasteiger partial charge in [-0.05, 0) is 31.4 Å². The van der Waals surface area contributed by atoms with Gasteiger partial charge in [0.15, 0.2) is 0 Å². The average Bonchev–Trinajstić information content (AvgIpc) is 2.23. The van der Waals surface area contributed by atoms with Gasteiger partial charge in [-0.1, -0.05) is 22.9 Å². The van der Waals surface area contributed by atoms with Crippen molar-refractivity contribution in [1.29, 1.82) is 0 Å². The van der Waals surface area contributed by atoms with Crippen molar-refractivity contribution in [3.8, 4) is 0 Å². The van der Waals surface area contributed by atoms with E-state index in [0.29, 0.717) is 23.1 Å². The third kappa shape index (κ3) is 4.80. The van der Waals surface area contributed by atoms with Gasteiger partial charge in [-0.2, -0.15) is 0 Å². The first-order valence-corrected chi connectivity index (χ1v) is 6.81. The molecule has 0 aliphatic rings. The van der Waals surface area contributed by atoms with E-state index in [2.05, 4.69) is 21.2 Å². The normalized spacial score (nSPS) is 13.9. The Morgan fingerprint density at radius 1 is 1.53 bits per heavy atom. The molecule has 106 valence electrons. The third-order valence-electron chi connectivity index (χ3n) is 2.69. The van der Waals surface area contributed by atoms with Gasteiger partial charge in [0.25, 0.3) is 5.91 Å². The number of primary amides is 1. The summed E-state index contributed by atoms with van der Waals surface area (Å²) in [6.45, 7) is 4.18. The maximum absolute atomic E-state index is 13.7. The molecule has 0 bridgehead atoms. The number of benzene rings is 1. The second-order valence-electron chi connectivity index (χ2n) is 4.75. The Morgan fingerprint density at radius 2 is 2.16 bits per heavy atom. The van der Waals surface area contributed by atoms with Crippen LogP contribution in [0.3, 0.4) is 0 Å². The molecule has 0 saturated carbocycles. The minimum Gasteiger partial charge on any atom is -0.393 e. The van der Waals surface area contributed by atoms with Crippen LogP contribution in [0.4, 0.5) is 10.1 Å². The van der Waals surface area contributed by atoms with Crippen LogP contribution < -0.4 is 11.1 Å². The number of hydrogen-bond acceptors (Lipinski definition) is 3. The summed E-state index contributed by atoms with van der Waals surface area (Å²) in [5, 5.41) is 12.3. The predicted molar refractivity (Wildman–Crippen MR) is 76.6 cm³/mol. The van der Waals surface area contributed by atoms with Crippen molar-refractivity contribution >= 4 is 27.5 Å². The molecule has 1 aromatic carbocycles. The first-order valence-electron chi connectivity index (χ1n) is 6.02. The molecule has 0 spiro atoms. The summed E-state index contributed by atoms with van der Waals surface area (Å²) in [5.74, 6) is -1.29. The number of nitrogens with two attached hydrogens (primary N) is 1. The molecule has 0 fully saturated rings. The number of aliphatic hydroxyl groups is 1. The summed E-state index contributed by atoms with van der Waals surface area (Å²) in [5.41, 5.74) is 5.39. The monoisotopic (exact) mass is 332 g/mol. The Morgan fingerprint density at radius 3 is 2.68 bits per heavy atom. The number of carbonyl (C=O) groups excluding carboxylic acids is 1. The molecule has 0 radical (unpaired) electrons. The zero-order valence-electron chi connectivity index (χ0n) is 10.9. The molecule has 1 amide bonds. The Balaban J connectivity index is 2.85. The maximum atomic E-state index is 13.7. The third-order valence-corrected chi connectivity index (χ3v) is 3.14. The van der Waals surface area contributed by atoms with E-state index in [4.69, 9.17) is 5.73 Å². The lowest BCUT2D eigenvalue weighted by atomic mass is 10.0. The highest BCUT2D eigenvalue weighted by atomic mass is 79.9. The van der Waals surface area contributed by atoms with E-state index < -0.39 is 17.8 Å². The van der Waals surface area contributed by atoms with E-state index in [1.54, 1.807) is 13.0 Å². The summed E-state index contributed by atoms with van der Waals surface area (Å²) in [7, 11) is 0. The summed E-state index contributed by atoms with van der Waals surface area (Å²) < 4.78 is 14.2. The van der Waals surface area contributed by atoms with Gasteiger partial charge in [0.2, 0.25) is 0 Å². The highest BCUT2D eigenvalue weighted by Crippen LogP contribution is 2.25. The minimum absolute atomic E-state index is 0.146. The number of anilines is 1. The molecule has 1 rings (SSSR count). The van der Waals surface area contributed by atoms with E-state index in [1.807, 2.05) is 6.92 Å². The highest BCUT2D eigenvalue weighted by molar-refractivity contribution is 9.10. The SMILES string of the molecule is C[C@H](CNc1cc(Br)cc(F)c1C(N)=O)C[C@@H](C)O. The number of halogens is 2. The fourth-order valence-electron chi connectivity index (χ4n) is 1.91. The Kier molecular flexibility index (Phi) is 5.75. The molecule has 4 N–H and O–H groups in total. The van der Waals surface area contributed by atoms with Crippen molar-refractivity contribution in [3.63, 3.8) is 0 Å². The smallest absolute Gasteiger partial charge is 0.253 e. The lowest BCUT2D eigenvalue weighted by Gasteiger charge is -2.17. The number of rotatable bonds is 6. The van der Waals surface area contributed by atoms with Gasteiger partial charge in [-0.3, -0.25) is 4.79 Å². The molecule has 6 heteroatoms. The Bertz CT molecular complexity index is 466. The van der Waals surface area contributed by atoms with Crippen LogP contribution in [0.2, 0.25) is 0 Å². The second kappa shape index (κ2) is 6.86. The number of hydrogen-bond donors (Lipinski definition) is 3. The van der Waals surface area contributed by atoms with Crippen LogP contribution in [0, 0.1) is 11.7 Å². The van der Waals surface area contributed by atoms with Crippen LogP contribution in [0.15, 0.2) is 16.6 Å². The minimum atomic E-state index is -0.810. The van der Waals surface area contributed by atoms with Crippen LogP contribution in [0.1, 0.15) is 30.6 Å². The quantitative estimate of drug-likeness (QED) is 0.749. The number of aliphatic hydroxyl groups excluding tert-OH is 1. The fraction of sp³-hybridized carbons (Fsp3) is 0.462. The standard InChI is InChI=1S/C13H18BrFN2O2/c1-7(3-8(2)18)6-17-11-5-9(14)4-10(15)12(11)13(16)19/h4-5,7-8,17-18H,3,6H2,1-2H3,(H2,16,19)/t7-,8+/m0/s1. The van der Waals surface area contributed by atoms with Gasteiger partial charge in [0.1, 0.15) is 5.82 Å². The van der Waals surface area contributed by atoms with E-state index in [9.17, 15) is 14.3 Å². The van der Waals surface area contributed by atoms with Gasteiger partial charge in [-0.15, -0.1) is 0 Å². The van der Waals surface area contributed by atoms with Crippen LogP contribution in [-0.4, -0.2) is 23.7 Å². The van der Waals surface area contributed by atoms with Crippen molar-refractivity contribution in [2.24, 2.45) is 11.7 Å². The molecule has 0 unspecified atom stereocenters. The predicted octanol–water partition coefficient (Wildman–Crippen LogP) is 2.51. The van der Waals surface area contributed by atoms with Crippen LogP contribution in [0.5, 0.6) is 0 Å². The largest absolute Gasteiger partial charge is 0.393 e. The summed E-state index contributed by atoms with van der Waals surface area (Å²) in [6.07, 6.45) is 0.224. The molecule has 19 heavy (non-hydrogen) atoms. The molecular weight excluding hydrogens is 315 g/mol. The first-order chi connectivity index (χ1) is 8.81. The molecule has 4 nitrogen and oxygen atoms in total. The molecular formula is C13H18BrFN2O2. The fourth-order valence-corrected chi connectivity index (χ4v) is 2.34. The van der Waals surface area contributed by atoms with E-state index in [1.165, 1.54) is 6.07 Å². The van der Waals surface area contributed by atoms with E-state index >= 15 is 0 Å². The summed E-state index contributed by atoms with van der Waals surface area (Å²) in [4.78, 5) is 11.3. The van der Waals surface area contributed by atoms with Gasteiger partial charge in [-0.25, -0.2) is 4.39 Å². The molecule has 1 aromatic rings. The molecule has 0 aliphatic heterocycles. The van der Waals surface area contributed by atoms with Crippen molar-refractivity contribution in [3.05, 3.63) is 28.0 Å². The topological polar surface area (TPSA) is 75.3 Å². The van der Waals surface area contributed by atoms with Crippen molar-refractivity contribution in [2.45, 2.75) is 26.4 Å². The van der Waals surface area contributed by atoms with Gasteiger partial charge in [0.05, 0.1) is 17.4 Å². The number of nitrogens with one attached hydrogen (secondary N) is 1. The van der Waals surface area contributed by atoms with Crippen molar-refractivity contribution in [2.75, 3.05) is 11.9 Å². The Labute approximate surface area is 120 Å². The molecule has 2 atom stereocenters. The lowest BCUT2D eigenvalue weighted by molar-refractivity contribution is 0.0997. The molecule has 0 saturated heterocycles. The van der Waals surface area contributed by atoms with Gasteiger partial charge >= 0.3 is 0 Å². The lowest BCUT2D eigenvalue weighted by Crippen LogP contribution is -2.20. The van der Waals surface area contributed by atoms with Gasteiger partial charge < -0.3 is 16.2 Å². The molecule has 0 heterocycles. The van der Waals surface area contributed by atoms with Crippen LogP contribution in [-0.2, 0) is 0 Å². The Hall–Kier alpha value is -1.14.